The van der Waals surface area contributed by atoms with E-state index in [1.54, 1.807) is 24.3 Å². The molecular weight excluding hydrogens is 151 g/mol. The minimum Gasteiger partial charge on any atom is -0.366 e. The summed E-state index contributed by atoms with van der Waals surface area (Å²) in [6.45, 7) is 0. The van der Waals surface area contributed by atoms with Gasteiger partial charge in [0, 0.05) is 10.6 Å². The first-order chi connectivity index (χ1) is 4.70. The Kier molecular flexibility index (Phi) is 1.92. The van der Waals surface area contributed by atoms with Crippen molar-refractivity contribution in [2.45, 2.75) is 0 Å². The van der Waals surface area contributed by atoms with Gasteiger partial charge >= 0.3 is 0 Å². The fourth-order valence-corrected chi connectivity index (χ4v) is 0.740. The van der Waals surface area contributed by atoms with Crippen molar-refractivity contribution in [3.63, 3.8) is 0 Å². The molecule has 0 aromatic heterocycles. The predicted molar refractivity (Wildman–Crippen MR) is 40.0 cm³/mol. The van der Waals surface area contributed by atoms with E-state index in [1.807, 2.05) is 0 Å². The van der Waals surface area contributed by atoms with Crippen LogP contribution in [0, 0.1) is 0 Å². The van der Waals surface area contributed by atoms with Crippen LogP contribution in [0.5, 0.6) is 0 Å². The minimum atomic E-state index is -0.434. The van der Waals surface area contributed by atoms with Gasteiger partial charge in [-0.3, -0.25) is 4.79 Å². The molecule has 2 nitrogen and oxygen atoms in total. The average Bonchev–Trinajstić information content (AvgIpc) is 1.88. The molecule has 3 heteroatoms. The van der Waals surface area contributed by atoms with Crippen LogP contribution in [0.4, 0.5) is 0 Å². The fourth-order valence-electron chi connectivity index (χ4n) is 0.614. The molecule has 10 heavy (non-hydrogen) atoms. The van der Waals surface area contributed by atoms with Crippen molar-refractivity contribution >= 4 is 17.5 Å². The molecule has 0 aliphatic carbocycles. The van der Waals surface area contributed by atoms with Crippen LogP contribution in [0.1, 0.15) is 10.4 Å². The average molecular weight is 157 g/mol. The van der Waals surface area contributed by atoms with E-state index in [-0.39, 0.29) is 0 Å². The summed E-state index contributed by atoms with van der Waals surface area (Å²) in [6.07, 6.45) is 0. The molecule has 0 atom stereocenters. The van der Waals surface area contributed by atoms with Crippen LogP contribution < -0.4 is 5.73 Å². The van der Waals surface area contributed by atoms with Gasteiger partial charge in [-0.05, 0) is 24.3 Å². The number of hydrogen-bond donors (Lipinski definition) is 1. The molecule has 0 saturated heterocycles. The molecule has 0 fully saturated rings. The lowest BCUT2D eigenvalue weighted by Crippen LogP contribution is -2.10. The molecule has 0 spiro atoms. The molecule has 0 saturated carbocycles. The summed E-state index contributed by atoms with van der Waals surface area (Å²) >= 11 is 5.56. The van der Waals surface area contributed by atoms with Gasteiger partial charge in [-0.15, -0.1) is 0 Å². The van der Waals surface area contributed by atoms with Crippen molar-refractivity contribution in [2.75, 3.05) is 0 Å². The lowest BCUT2D eigenvalue weighted by atomic mass is 10.3. The first-order valence-electron chi connectivity index (χ1n) is 2.75. The predicted octanol–water partition coefficient (Wildman–Crippen LogP) is 1.44. The molecular formula is C7H6ClNO. The van der Waals surface area contributed by atoms with Crippen molar-refractivity contribution in [1.29, 1.82) is 0 Å². The third-order valence-corrected chi connectivity index (χ3v) is 1.38. The number of nitrogens with two attached hydrogens (primary N) is 1. The molecule has 1 rings (SSSR count). The number of halogens is 1. The molecule has 52 valence electrons. The van der Waals surface area contributed by atoms with Crippen LogP contribution in [0.2, 0.25) is 5.02 Å². The van der Waals surface area contributed by atoms with Gasteiger partial charge in [-0.25, -0.2) is 0 Å². The van der Waals surface area contributed by atoms with Gasteiger partial charge in [0.15, 0.2) is 0 Å². The van der Waals surface area contributed by atoms with Gasteiger partial charge in [-0.1, -0.05) is 11.6 Å². The maximum Gasteiger partial charge on any atom is 0.248 e. The third-order valence-electron chi connectivity index (χ3n) is 1.13. The molecule has 0 unspecified atom stereocenters. The number of rotatable bonds is 1. The smallest absolute Gasteiger partial charge is 0.248 e. The molecule has 0 heterocycles. The molecule has 1 aromatic rings. The first kappa shape index (κ1) is 7.09. The summed E-state index contributed by atoms with van der Waals surface area (Å²) < 4.78 is 0. The van der Waals surface area contributed by atoms with Gasteiger partial charge in [0.25, 0.3) is 0 Å². The number of amides is 1. The Balaban J connectivity index is 3.00. The highest BCUT2D eigenvalue weighted by Gasteiger charge is 1.96. The van der Waals surface area contributed by atoms with E-state index < -0.39 is 5.91 Å². The summed E-state index contributed by atoms with van der Waals surface area (Å²) in [5.41, 5.74) is 5.46. The zero-order chi connectivity index (χ0) is 7.56. The van der Waals surface area contributed by atoms with Crippen molar-refractivity contribution in [1.82, 2.24) is 0 Å². The zero-order valence-corrected chi connectivity index (χ0v) is 5.93. The van der Waals surface area contributed by atoms with E-state index in [0.29, 0.717) is 10.6 Å². The van der Waals surface area contributed by atoms with E-state index in [0.717, 1.165) is 0 Å². The summed E-state index contributed by atoms with van der Waals surface area (Å²) in [7, 11) is 0. The van der Waals surface area contributed by atoms with Crippen LogP contribution in [0.15, 0.2) is 24.3 Å². The Hall–Kier alpha value is -1.02. The SMILES string of the molecule is N[13C](=O)c1ccc(Cl)cc1. The van der Waals surface area contributed by atoms with Gasteiger partial charge < -0.3 is 5.73 Å². The maximum atomic E-state index is 10.5. The summed E-state index contributed by atoms with van der Waals surface area (Å²) in [4.78, 5) is 10.5. The van der Waals surface area contributed by atoms with Crippen LogP contribution in [-0.4, -0.2) is 5.91 Å². The van der Waals surface area contributed by atoms with Crippen molar-refractivity contribution < 1.29 is 4.79 Å². The molecule has 0 aliphatic heterocycles. The maximum absolute atomic E-state index is 10.5. The second-order valence-electron chi connectivity index (χ2n) is 1.87. The Morgan fingerprint density at radius 2 is 1.80 bits per heavy atom. The molecule has 2 N–H and O–H groups in total. The normalized spacial score (nSPS) is 9.30. The topological polar surface area (TPSA) is 43.1 Å². The molecule has 1 aromatic carbocycles. The van der Waals surface area contributed by atoms with E-state index >= 15 is 0 Å². The highest BCUT2D eigenvalue weighted by molar-refractivity contribution is 6.30. The summed E-state index contributed by atoms with van der Waals surface area (Å²) in [6, 6.07) is 6.43. The van der Waals surface area contributed by atoms with Crippen LogP contribution in [0.25, 0.3) is 0 Å². The van der Waals surface area contributed by atoms with E-state index in [2.05, 4.69) is 0 Å². The van der Waals surface area contributed by atoms with Crippen molar-refractivity contribution in [3.05, 3.63) is 34.9 Å². The summed E-state index contributed by atoms with van der Waals surface area (Å²) in [5.74, 6) is -0.434. The minimum absolute atomic E-state index is 0.434. The highest BCUT2D eigenvalue weighted by Crippen LogP contribution is 2.08. The zero-order valence-electron chi connectivity index (χ0n) is 5.17. The monoisotopic (exact) mass is 156 g/mol. The van der Waals surface area contributed by atoms with Gasteiger partial charge in [0.05, 0.1) is 0 Å². The standard InChI is InChI=1S/C7H6ClNO/c8-6-3-1-5(2-4-6)7(9)10/h1-4H,(H2,9,10)/i7+1. The number of primary amides is 1. The lowest BCUT2D eigenvalue weighted by Gasteiger charge is -1.92. The number of hydrogen-bond acceptors (Lipinski definition) is 1. The first-order valence-corrected chi connectivity index (χ1v) is 3.13. The van der Waals surface area contributed by atoms with Crippen LogP contribution in [0.3, 0.4) is 0 Å². The molecule has 1 amide bonds. The van der Waals surface area contributed by atoms with Crippen LogP contribution >= 0.6 is 11.6 Å². The summed E-state index contributed by atoms with van der Waals surface area (Å²) in [5, 5.41) is 0.602. The number of benzene rings is 1. The second kappa shape index (κ2) is 2.71. The van der Waals surface area contributed by atoms with Crippen LogP contribution in [-0.2, 0) is 0 Å². The van der Waals surface area contributed by atoms with Gasteiger partial charge in [-0.2, -0.15) is 0 Å². The van der Waals surface area contributed by atoms with E-state index in [1.165, 1.54) is 0 Å². The van der Waals surface area contributed by atoms with Crippen molar-refractivity contribution in [2.24, 2.45) is 5.73 Å². The number of carbonyl (C=O) groups excluding carboxylic acids is 1. The Morgan fingerprint density at radius 3 is 2.20 bits per heavy atom. The van der Waals surface area contributed by atoms with E-state index in [4.69, 9.17) is 17.3 Å². The molecule has 0 bridgehead atoms. The fraction of sp³-hybridized carbons (Fsp3) is 0. The van der Waals surface area contributed by atoms with Gasteiger partial charge in [0.1, 0.15) is 0 Å². The molecule has 0 radical (unpaired) electrons. The highest BCUT2D eigenvalue weighted by atomic mass is 35.5. The Bertz CT molecular complexity index is 242. The quantitative estimate of drug-likeness (QED) is 0.615. The Labute approximate surface area is 63.6 Å². The largest absolute Gasteiger partial charge is 0.366 e. The molecule has 0 aliphatic rings. The second-order valence-corrected chi connectivity index (χ2v) is 2.31. The van der Waals surface area contributed by atoms with Crippen molar-refractivity contribution in [3.8, 4) is 0 Å². The number of carbonyl (C=O) groups is 1. The Morgan fingerprint density at radius 1 is 1.30 bits per heavy atom. The lowest BCUT2D eigenvalue weighted by molar-refractivity contribution is 0.100. The third kappa shape index (κ3) is 1.48. The van der Waals surface area contributed by atoms with E-state index in [9.17, 15) is 4.79 Å². The van der Waals surface area contributed by atoms with Gasteiger partial charge in [0.2, 0.25) is 5.91 Å².